The molecule has 2 heteroatoms. The first kappa shape index (κ1) is 18.4. The van der Waals surface area contributed by atoms with Crippen molar-refractivity contribution in [3.63, 3.8) is 0 Å². The molecule has 0 aliphatic carbocycles. The normalized spacial score (nSPS) is 12.2. The molecule has 0 fully saturated rings. The van der Waals surface area contributed by atoms with Crippen LogP contribution in [0.5, 0.6) is 11.5 Å². The second kappa shape index (κ2) is 6.51. The smallest absolute Gasteiger partial charge is 0.164 e. The van der Waals surface area contributed by atoms with Gasteiger partial charge in [0.25, 0.3) is 0 Å². The second-order valence-corrected chi connectivity index (χ2v) is 8.34. The Morgan fingerprint density at radius 3 is 1.67 bits per heavy atom. The Morgan fingerprint density at radius 1 is 0.667 bits per heavy atom. The molecule has 0 bridgehead atoms. The highest BCUT2D eigenvalue weighted by Crippen LogP contribution is 2.42. The predicted octanol–water partition coefficient (Wildman–Crippen LogP) is 5.97. The van der Waals surface area contributed by atoms with Gasteiger partial charge in [0, 0.05) is 5.56 Å². The van der Waals surface area contributed by atoms with Crippen LogP contribution in [0.2, 0.25) is 0 Å². The molecule has 0 unspecified atom stereocenters. The van der Waals surface area contributed by atoms with Crippen LogP contribution >= 0.6 is 0 Å². The Hall–Kier alpha value is -1.96. The van der Waals surface area contributed by atoms with Crippen LogP contribution in [-0.4, -0.2) is 14.2 Å². The Bertz CT molecular complexity index is 698. The lowest BCUT2D eigenvalue weighted by Crippen LogP contribution is -2.14. The van der Waals surface area contributed by atoms with E-state index in [4.69, 9.17) is 9.47 Å². The Balaban J connectivity index is 2.59. The molecule has 2 nitrogen and oxygen atoms in total. The third kappa shape index (κ3) is 3.75. The van der Waals surface area contributed by atoms with Crippen LogP contribution in [0, 0.1) is 0 Å². The lowest BCUT2D eigenvalue weighted by molar-refractivity contribution is 0.345. The fourth-order valence-electron chi connectivity index (χ4n) is 2.85. The first-order valence-electron chi connectivity index (χ1n) is 8.45. The van der Waals surface area contributed by atoms with Crippen LogP contribution < -0.4 is 9.47 Å². The van der Waals surface area contributed by atoms with Gasteiger partial charge in [-0.05, 0) is 39.7 Å². The first-order chi connectivity index (χ1) is 11.1. The van der Waals surface area contributed by atoms with Crippen molar-refractivity contribution >= 4 is 0 Å². The van der Waals surface area contributed by atoms with Gasteiger partial charge in [0.15, 0.2) is 11.5 Å². The van der Waals surface area contributed by atoms with Gasteiger partial charge in [0.2, 0.25) is 0 Å². The van der Waals surface area contributed by atoms with Gasteiger partial charge in [-0.3, -0.25) is 0 Å². The summed E-state index contributed by atoms with van der Waals surface area (Å²) in [6.07, 6.45) is 0. The van der Waals surface area contributed by atoms with Gasteiger partial charge < -0.3 is 9.47 Å². The molecule has 0 aromatic heterocycles. The third-order valence-corrected chi connectivity index (χ3v) is 4.37. The molecule has 0 saturated carbocycles. The van der Waals surface area contributed by atoms with Crippen LogP contribution in [0.3, 0.4) is 0 Å². The number of ether oxygens (including phenoxy) is 2. The molecule has 0 N–H and O–H groups in total. The van der Waals surface area contributed by atoms with Crippen LogP contribution in [-0.2, 0) is 10.8 Å². The summed E-state index contributed by atoms with van der Waals surface area (Å²) < 4.78 is 11.2. The van der Waals surface area contributed by atoms with Gasteiger partial charge in [-0.25, -0.2) is 0 Å². The van der Waals surface area contributed by atoms with Crippen molar-refractivity contribution in [2.45, 2.75) is 52.4 Å². The van der Waals surface area contributed by atoms with Gasteiger partial charge in [0.05, 0.1) is 14.2 Å². The van der Waals surface area contributed by atoms with Gasteiger partial charge in [-0.2, -0.15) is 0 Å². The predicted molar refractivity (Wildman–Crippen MR) is 102 cm³/mol. The molecule has 0 amide bonds. The quantitative estimate of drug-likeness (QED) is 0.692. The molecular formula is C22H30O2. The standard InChI is InChI=1S/C22H30O2/c1-21(2,3)17-11-9-15(10-12-17)16-13-18(22(4,5)6)20(24-8)19(14-16)23-7/h9-14H,1-8H3. The molecule has 0 saturated heterocycles. The summed E-state index contributed by atoms with van der Waals surface area (Å²) >= 11 is 0. The summed E-state index contributed by atoms with van der Waals surface area (Å²) in [5.74, 6) is 1.60. The van der Waals surface area contributed by atoms with Crippen molar-refractivity contribution in [1.29, 1.82) is 0 Å². The number of methoxy groups -OCH3 is 2. The zero-order valence-corrected chi connectivity index (χ0v) is 16.3. The number of benzene rings is 2. The van der Waals surface area contributed by atoms with Crippen LogP contribution in [0.4, 0.5) is 0 Å². The van der Waals surface area contributed by atoms with E-state index in [2.05, 4.69) is 77.9 Å². The van der Waals surface area contributed by atoms with E-state index in [0.29, 0.717) is 0 Å². The third-order valence-electron chi connectivity index (χ3n) is 4.37. The highest BCUT2D eigenvalue weighted by atomic mass is 16.5. The lowest BCUT2D eigenvalue weighted by Gasteiger charge is -2.25. The van der Waals surface area contributed by atoms with Gasteiger partial charge >= 0.3 is 0 Å². The van der Waals surface area contributed by atoms with Gasteiger partial charge in [0.1, 0.15) is 0 Å². The van der Waals surface area contributed by atoms with Crippen LogP contribution in [0.15, 0.2) is 36.4 Å². The van der Waals surface area contributed by atoms with Gasteiger partial charge in [-0.1, -0.05) is 65.8 Å². The van der Waals surface area contributed by atoms with Crippen LogP contribution in [0.1, 0.15) is 52.7 Å². The zero-order valence-electron chi connectivity index (χ0n) is 16.3. The molecule has 0 heterocycles. The van der Waals surface area contributed by atoms with Crippen molar-refractivity contribution < 1.29 is 9.47 Å². The van der Waals surface area contributed by atoms with Crippen molar-refractivity contribution in [3.8, 4) is 22.6 Å². The molecule has 0 radical (unpaired) electrons. The van der Waals surface area contributed by atoms with E-state index in [1.807, 2.05) is 0 Å². The maximum Gasteiger partial charge on any atom is 0.164 e. The molecule has 2 aromatic rings. The topological polar surface area (TPSA) is 18.5 Å². The fourth-order valence-corrected chi connectivity index (χ4v) is 2.85. The second-order valence-electron chi connectivity index (χ2n) is 8.34. The van der Waals surface area contributed by atoms with E-state index in [1.54, 1.807) is 14.2 Å². The number of hydrogen-bond donors (Lipinski definition) is 0. The van der Waals surface area contributed by atoms with E-state index < -0.39 is 0 Å². The van der Waals surface area contributed by atoms with E-state index in [1.165, 1.54) is 11.1 Å². The summed E-state index contributed by atoms with van der Waals surface area (Å²) in [4.78, 5) is 0. The molecule has 2 aromatic carbocycles. The van der Waals surface area contributed by atoms with Crippen molar-refractivity contribution in [3.05, 3.63) is 47.5 Å². The van der Waals surface area contributed by atoms with E-state index in [0.717, 1.165) is 22.6 Å². The van der Waals surface area contributed by atoms with E-state index in [-0.39, 0.29) is 10.8 Å². The Labute approximate surface area is 146 Å². The highest BCUT2D eigenvalue weighted by molar-refractivity contribution is 5.70. The molecule has 130 valence electrons. The molecule has 0 spiro atoms. The minimum Gasteiger partial charge on any atom is -0.493 e. The highest BCUT2D eigenvalue weighted by Gasteiger charge is 2.23. The van der Waals surface area contributed by atoms with E-state index >= 15 is 0 Å². The molecule has 0 atom stereocenters. The minimum absolute atomic E-state index is 0.0278. The maximum absolute atomic E-state index is 5.62. The molecular weight excluding hydrogens is 296 g/mol. The minimum atomic E-state index is -0.0278. The SMILES string of the molecule is COc1cc(-c2ccc(C(C)(C)C)cc2)cc(C(C)(C)C)c1OC. The van der Waals surface area contributed by atoms with Crippen molar-refractivity contribution in [1.82, 2.24) is 0 Å². The summed E-state index contributed by atoms with van der Waals surface area (Å²) in [5, 5.41) is 0. The summed E-state index contributed by atoms with van der Waals surface area (Å²) in [6, 6.07) is 13.1. The number of rotatable bonds is 3. The van der Waals surface area contributed by atoms with Crippen LogP contribution in [0.25, 0.3) is 11.1 Å². The molecule has 24 heavy (non-hydrogen) atoms. The van der Waals surface area contributed by atoms with E-state index in [9.17, 15) is 0 Å². The Morgan fingerprint density at radius 2 is 1.25 bits per heavy atom. The zero-order chi connectivity index (χ0) is 18.1. The molecule has 2 rings (SSSR count). The molecule has 0 aliphatic heterocycles. The lowest BCUT2D eigenvalue weighted by atomic mass is 9.83. The van der Waals surface area contributed by atoms with Gasteiger partial charge in [-0.15, -0.1) is 0 Å². The number of hydrogen-bond acceptors (Lipinski definition) is 2. The molecule has 0 aliphatic rings. The largest absolute Gasteiger partial charge is 0.493 e. The monoisotopic (exact) mass is 326 g/mol. The maximum atomic E-state index is 5.62. The summed E-state index contributed by atoms with van der Waals surface area (Å²) in [6.45, 7) is 13.3. The average Bonchev–Trinajstić information content (AvgIpc) is 2.52. The fraction of sp³-hybridized carbons (Fsp3) is 0.455. The van der Waals surface area contributed by atoms with Crippen molar-refractivity contribution in [2.75, 3.05) is 14.2 Å². The Kier molecular flexibility index (Phi) is 4.98. The van der Waals surface area contributed by atoms with Crippen molar-refractivity contribution in [2.24, 2.45) is 0 Å². The average molecular weight is 326 g/mol. The summed E-state index contributed by atoms with van der Waals surface area (Å²) in [7, 11) is 3.39. The summed E-state index contributed by atoms with van der Waals surface area (Å²) in [5.41, 5.74) is 4.96. The first-order valence-corrected chi connectivity index (χ1v) is 8.45.